The molecule has 8 nitrogen and oxygen atoms in total. The lowest BCUT2D eigenvalue weighted by Gasteiger charge is -2.08. The van der Waals surface area contributed by atoms with E-state index in [9.17, 15) is 18.0 Å². The van der Waals surface area contributed by atoms with E-state index in [0.29, 0.717) is 15.9 Å². The summed E-state index contributed by atoms with van der Waals surface area (Å²) < 4.78 is 46.3. The van der Waals surface area contributed by atoms with Crippen LogP contribution in [0, 0.1) is 6.92 Å². The molecule has 0 bridgehead atoms. The van der Waals surface area contributed by atoms with E-state index in [1.54, 1.807) is 24.0 Å². The summed E-state index contributed by atoms with van der Waals surface area (Å²) >= 11 is 4.28. The number of alkyl halides is 3. The molecule has 0 aliphatic rings. The lowest BCUT2D eigenvalue weighted by molar-refractivity contribution is -0.141. The maximum Gasteiger partial charge on any atom is 0.433 e. The van der Waals surface area contributed by atoms with Gasteiger partial charge in [0.25, 0.3) is 0 Å². The van der Waals surface area contributed by atoms with Crippen molar-refractivity contribution in [3.05, 3.63) is 57.5 Å². The predicted molar refractivity (Wildman–Crippen MR) is 106 cm³/mol. The number of nitrogens with zero attached hydrogens (tertiary/aromatic N) is 5. The third kappa shape index (κ3) is 5.48. The Morgan fingerprint density at radius 2 is 2.17 bits per heavy atom. The van der Waals surface area contributed by atoms with Gasteiger partial charge in [-0.25, -0.2) is 15.4 Å². The number of hydrogen-bond donors (Lipinski definition) is 1. The van der Waals surface area contributed by atoms with Crippen molar-refractivity contribution in [3.8, 4) is 0 Å². The molecule has 30 heavy (non-hydrogen) atoms. The van der Waals surface area contributed by atoms with Gasteiger partial charge < -0.3 is 4.42 Å². The van der Waals surface area contributed by atoms with Crippen LogP contribution in [-0.2, 0) is 19.0 Å². The van der Waals surface area contributed by atoms with Gasteiger partial charge in [-0.05, 0) is 41.1 Å². The smallest absolute Gasteiger partial charge is 0.433 e. The first-order valence-corrected chi connectivity index (χ1v) is 10.1. The third-order valence-corrected chi connectivity index (χ3v) is 5.12. The minimum atomic E-state index is -4.55. The molecule has 0 aromatic carbocycles. The highest BCUT2D eigenvalue weighted by Crippen LogP contribution is 2.30. The fourth-order valence-corrected chi connectivity index (χ4v) is 3.49. The Kier molecular flexibility index (Phi) is 6.61. The molecular weight excluding hydrogens is 489 g/mol. The van der Waals surface area contributed by atoms with Crippen molar-refractivity contribution in [2.24, 2.45) is 12.1 Å². The van der Waals surface area contributed by atoms with E-state index in [1.807, 2.05) is 0 Å². The summed E-state index contributed by atoms with van der Waals surface area (Å²) in [4.78, 5) is 19.6. The van der Waals surface area contributed by atoms with Crippen LogP contribution in [0.1, 0.15) is 33.4 Å². The molecule has 0 atom stereocenters. The van der Waals surface area contributed by atoms with Crippen molar-refractivity contribution in [2.75, 3.05) is 0 Å². The van der Waals surface area contributed by atoms with Crippen molar-refractivity contribution in [1.29, 1.82) is 0 Å². The quantitative estimate of drug-likeness (QED) is 0.237. The minimum absolute atomic E-state index is 0.00737. The van der Waals surface area contributed by atoms with Crippen molar-refractivity contribution in [2.45, 2.75) is 24.0 Å². The molecule has 0 aliphatic carbocycles. The van der Waals surface area contributed by atoms with Gasteiger partial charge in [-0.15, -0.1) is 0 Å². The zero-order valence-electron chi connectivity index (χ0n) is 15.6. The first-order chi connectivity index (χ1) is 14.1. The van der Waals surface area contributed by atoms with Crippen LogP contribution >= 0.6 is 27.7 Å². The fourth-order valence-electron chi connectivity index (χ4n) is 2.24. The van der Waals surface area contributed by atoms with Gasteiger partial charge >= 0.3 is 12.1 Å². The topological polar surface area (TPSA) is 98.2 Å². The summed E-state index contributed by atoms with van der Waals surface area (Å²) in [5.41, 5.74) is 2.19. The Labute approximate surface area is 181 Å². The molecule has 3 aromatic rings. The number of amides is 1. The zero-order valence-corrected chi connectivity index (χ0v) is 18.0. The third-order valence-electron chi connectivity index (χ3n) is 3.64. The van der Waals surface area contributed by atoms with E-state index in [1.165, 1.54) is 19.2 Å². The standard InChI is InChI=1S/C17H14BrF3N6O2S/c1-9-5-14(17(19,20)21)25-16(24-9)30-8-10-3-4-13(29-10)15(28)26-22-7-12-11(18)6-23-27(12)2/h3-7H,8H2,1-2H3,(H,26,28)/b22-7-. The summed E-state index contributed by atoms with van der Waals surface area (Å²) in [7, 11) is 1.72. The van der Waals surface area contributed by atoms with E-state index in [0.717, 1.165) is 17.8 Å². The Bertz CT molecular complexity index is 1080. The van der Waals surface area contributed by atoms with Gasteiger partial charge in [0.1, 0.15) is 11.5 Å². The normalized spacial score (nSPS) is 11.9. The Morgan fingerprint density at radius 3 is 2.83 bits per heavy atom. The number of carbonyl (C=O) groups excluding carboxylic acids is 1. The summed E-state index contributed by atoms with van der Waals surface area (Å²) in [6.07, 6.45) is -1.54. The summed E-state index contributed by atoms with van der Waals surface area (Å²) in [6.45, 7) is 1.46. The van der Waals surface area contributed by atoms with Crippen LogP contribution in [-0.4, -0.2) is 31.9 Å². The number of hydrogen-bond acceptors (Lipinski definition) is 7. The molecule has 0 spiro atoms. The first-order valence-electron chi connectivity index (χ1n) is 8.29. The van der Waals surface area contributed by atoms with E-state index >= 15 is 0 Å². The monoisotopic (exact) mass is 502 g/mol. The highest BCUT2D eigenvalue weighted by Gasteiger charge is 2.33. The maximum atomic E-state index is 12.9. The van der Waals surface area contributed by atoms with Crippen molar-refractivity contribution in [1.82, 2.24) is 25.2 Å². The molecular formula is C17H14BrF3N6O2S. The molecule has 3 rings (SSSR count). The van der Waals surface area contributed by atoms with Gasteiger partial charge in [-0.2, -0.15) is 23.4 Å². The Hall–Kier alpha value is -2.67. The molecule has 0 aliphatic heterocycles. The fraction of sp³-hybridized carbons (Fsp3) is 0.235. The first kappa shape index (κ1) is 22.0. The molecule has 0 saturated carbocycles. The predicted octanol–water partition coefficient (Wildman–Crippen LogP) is 3.95. The number of carbonyl (C=O) groups is 1. The molecule has 1 N–H and O–H groups in total. The number of aryl methyl sites for hydroxylation is 2. The van der Waals surface area contributed by atoms with Gasteiger partial charge in [0.15, 0.2) is 10.9 Å². The van der Waals surface area contributed by atoms with Gasteiger partial charge in [-0.3, -0.25) is 9.48 Å². The second-order valence-corrected chi connectivity index (χ2v) is 7.73. The second kappa shape index (κ2) is 9.00. The molecule has 0 saturated heterocycles. The number of nitrogens with one attached hydrogen (secondary N) is 1. The summed E-state index contributed by atoms with van der Waals surface area (Å²) in [6, 6.07) is 3.87. The molecule has 3 heterocycles. The largest absolute Gasteiger partial charge is 0.455 e. The van der Waals surface area contributed by atoms with Crippen LogP contribution in [0.3, 0.4) is 0 Å². The van der Waals surface area contributed by atoms with Gasteiger partial charge in [-0.1, -0.05) is 11.8 Å². The Balaban J connectivity index is 1.60. The van der Waals surface area contributed by atoms with Crippen LogP contribution in [0.2, 0.25) is 0 Å². The number of aromatic nitrogens is 4. The molecule has 13 heteroatoms. The van der Waals surface area contributed by atoms with Crippen molar-refractivity contribution in [3.63, 3.8) is 0 Å². The van der Waals surface area contributed by atoms with Crippen molar-refractivity contribution < 1.29 is 22.4 Å². The highest BCUT2D eigenvalue weighted by atomic mass is 79.9. The van der Waals surface area contributed by atoms with Crippen LogP contribution in [0.25, 0.3) is 0 Å². The molecule has 1 amide bonds. The van der Waals surface area contributed by atoms with E-state index < -0.39 is 17.8 Å². The van der Waals surface area contributed by atoms with Crippen LogP contribution in [0.15, 0.2) is 43.5 Å². The molecule has 0 radical (unpaired) electrons. The van der Waals surface area contributed by atoms with Crippen molar-refractivity contribution >= 4 is 39.8 Å². The van der Waals surface area contributed by atoms with E-state index in [2.05, 4.69) is 41.5 Å². The van der Waals surface area contributed by atoms with E-state index in [4.69, 9.17) is 4.42 Å². The maximum absolute atomic E-state index is 12.9. The molecule has 0 fully saturated rings. The lowest BCUT2D eigenvalue weighted by atomic mass is 10.3. The highest BCUT2D eigenvalue weighted by molar-refractivity contribution is 9.10. The minimum Gasteiger partial charge on any atom is -0.455 e. The SMILES string of the molecule is Cc1cc(C(F)(F)F)nc(SCc2ccc(C(=O)N/N=C\c3c(Br)cnn3C)o2)n1. The average Bonchev–Trinajstić information content (AvgIpc) is 3.27. The van der Waals surface area contributed by atoms with Gasteiger partial charge in [0.2, 0.25) is 0 Å². The average molecular weight is 503 g/mol. The van der Waals surface area contributed by atoms with Crippen LogP contribution in [0.5, 0.6) is 0 Å². The summed E-state index contributed by atoms with van der Waals surface area (Å²) in [5.74, 6) is -0.0405. The second-order valence-electron chi connectivity index (χ2n) is 5.93. The Morgan fingerprint density at radius 1 is 1.40 bits per heavy atom. The number of hydrazone groups is 1. The number of furan rings is 1. The number of rotatable bonds is 6. The van der Waals surface area contributed by atoms with E-state index in [-0.39, 0.29) is 22.4 Å². The van der Waals surface area contributed by atoms with Crippen LogP contribution < -0.4 is 5.43 Å². The van der Waals surface area contributed by atoms with Gasteiger partial charge in [0.05, 0.1) is 28.3 Å². The summed E-state index contributed by atoms with van der Waals surface area (Å²) in [5, 5.41) is 7.84. The zero-order chi connectivity index (χ0) is 21.9. The van der Waals surface area contributed by atoms with Crippen LogP contribution in [0.4, 0.5) is 13.2 Å². The number of halogens is 4. The molecule has 3 aromatic heterocycles. The lowest BCUT2D eigenvalue weighted by Crippen LogP contribution is -2.17. The van der Waals surface area contributed by atoms with Gasteiger partial charge in [0, 0.05) is 12.7 Å². The molecule has 0 unspecified atom stereocenters. The molecule has 158 valence electrons. The number of thioether (sulfide) groups is 1.